The fourth-order valence-corrected chi connectivity index (χ4v) is 15.7. The summed E-state index contributed by atoms with van der Waals surface area (Å²) in [4.78, 5) is 53.7. The number of aryl methyl sites for hydroxylation is 8. The first kappa shape index (κ1) is 54.2. The number of hydrogen-bond donors (Lipinski definition) is 0. The van der Waals surface area contributed by atoms with Gasteiger partial charge in [0.05, 0.1) is 0 Å². The number of rotatable bonds is 0. The van der Waals surface area contributed by atoms with Crippen molar-refractivity contribution in [2.24, 2.45) is 23.7 Å². The highest BCUT2D eigenvalue weighted by molar-refractivity contribution is 15.0. The molecule has 8 aliphatic heterocycles. The Morgan fingerprint density at radius 1 is 0.357 bits per heavy atom. The summed E-state index contributed by atoms with van der Waals surface area (Å²) in [5.74, 6) is 4.77. The van der Waals surface area contributed by atoms with Gasteiger partial charge in [-0.25, -0.2) is 0 Å². The van der Waals surface area contributed by atoms with Gasteiger partial charge in [0, 0.05) is 184 Å². The fourth-order valence-electron chi connectivity index (χ4n) is 14.6. The monoisotopic (exact) mass is 1220 g/mol. The van der Waals surface area contributed by atoms with Crippen LogP contribution in [0.1, 0.15) is 117 Å². The highest BCUT2D eigenvalue weighted by Crippen LogP contribution is 2.40. The van der Waals surface area contributed by atoms with E-state index in [9.17, 15) is 19.2 Å². The maximum absolute atomic E-state index is 12.2. The van der Waals surface area contributed by atoms with Crippen molar-refractivity contribution in [3.8, 4) is 0 Å². The van der Waals surface area contributed by atoms with Crippen LogP contribution in [0.25, 0.3) is 0 Å². The lowest BCUT2D eigenvalue weighted by Crippen LogP contribution is -2.46. The number of aromatic nitrogens is 4. The molecule has 0 saturated carbocycles. The molecule has 8 aliphatic rings. The van der Waals surface area contributed by atoms with E-state index in [0.29, 0.717) is 47.3 Å². The van der Waals surface area contributed by atoms with Crippen LogP contribution >= 0.6 is 56.0 Å². The van der Waals surface area contributed by atoms with Gasteiger partial charge in [-0.2, -0.15) is 0 Å². The number of likely N-dealkylation sites (N-methyl/N-ethyl adjacent to an activating group) is 2. The Morgan fingerprint density at radius 3 is 0.843 bits per heavy atom. The third-order valence-corrected chi connectivity index (χ3v) is 17.6. The topological polar surface area (TPSA) is 101 Å². The van der Waals surface area contributed by atoms with Crippen molar-refractivity contribution in [2.45, 2.75) is 131 Å². The van der Waals surface area contributed by atoms with E-state index in [4.69, 9.17) is 0 Å². The van der Waals surface area contributed by atoms with E-state index >= 15 is 0 Å². The van der Waals surface area contributed by atoms with Crippen molar-refractivity contribution in [3.63, 3.8) is 0 Å². The average molecular weight is 1220 g/mol. The quantitative estimate of drug-likeness (QED) is 0.129. The lowest BCUT2D eigenvalue weighted by atomic mass is 9.81. The minimum Gasteiger partial charge on any atom is -0.312 e. The first-order valence-corrected chi connectivity index (χ1v) is 32.9. The maximum Gasteiger partial charge on any atom is 0.253 e. The molecule has 4 aromatic rings. The standard InChI is InChI=1S/2C14H20N2O.2C13H19N2OP.I2/c2*1-9-4-10(2)14(17)16-7-11-5-12(13(9)16)8-15(3)6-11;2*1-8-3-9(2)13(16)15-6-10-4-11(12(8)15)7-14(17)5-10;1-2/h2*4,11-12H,5-8H2,1-3H3;2*3,10-11H,4-7,17H2,1-2H3;/t2*11-,12+;2*10-,11+;/m1111./s1. The number of hydrogen-bond acceptors (Lipinski definition) is 8. The van der Waals surface area contributed by atoms with E-state index < -0.39 is 0 Å². The van der Waals surface area contributed by atoms with Crippen LogP contribution < -0.4 is 22.2 Å². The second-order valence-electron chi connectivity index (χ2n) is 22.8. The van der Waals surface area contributed by atoms with Crippen LogP contribution in [0.2, 0.25) is 0 Å². The number of piperidine rings is 4. The molecule has 0 radical (unpaired) electrons. The van der Waals surface area contributed by atoms with Crippen molar-refractivity contribution in [3.05, 3.63) is 133 Å². The minimum atomic E-state index is 0.220. The molecule has 12 rings (SSSR count). The molecule has 4 fully saturated rings. The molecular weight excluding hydrogens is 1140 g/mol. The second kappa shape index (κ2) is 22.4. The van der Waals surface area contributed by atoms with E-state index in [2.05, 4.69) is 150 Å². The Morgan fingerprint density at radius 2 is 0.586 bits per heavy atom. The molecule has 0 aliphatic carbocycles. The summed E-state index contributed by atoms with van der Waals surface area (Å²) >= 11 is 4.24. The van der Waals surface area contributed by atoms with Crippen molar-refractivity contribution in [1.82, 2.24) is 37.4 Å². The smallest absolute Gasteiger partial charge is 0.253 e. The van der Waals surface area contributed by atoms with Crippen molar-refractivity contribution < 1.29 is 0 Å². The van der Waals surface area contributed by atoms with Gasteiger partial charge in [-0.15, -0.1) is 0 Å². The van der Waals surface area contributed by atoms with Crippen molar-refractivity contribution in [2.75, 3.05) is 66.5 Å². The van der Waals surface area contributed by atoms with Gasteiger partial charge in [0.25, 0.3) is 22.2 Å². The maximum atomic E-state index is 12.2. The van der Waals surface area contributed by atoms with Crippen molar-refractivity contribution in [1.29, 1.82) is 0 Å². The average Bonchev–Trinajstić information content (AvgIpc) is 3.28. The van der Waals surface area contributed by atoms with Crippen LogP contribution in [0, 0.1) is 79.1 Å². The van der Waals surface area contributed by atoms with Gasteiger partial charge < -0.3 is 28.1 Å². The number of pyridine rings is 4. The molecule has 0 spiro atoms. The fraction of sp³-hybridized carbons (Fsp3) is 0.630. The van der Waals surface area contributed by atoms with Crippen LogP contribution in [-0.4, -0.2) is 104 Å². The minimum absolute atomic E-state index is 0.220. The second-order valence-corrected chi connectivity index (χ2v) is 24.3. The number of halogens is 2. The Labute approximate surface area is 444 Å². The molecule has 4 aromatic heterocycles. The largest absolute Gasteiger partial charge is 0.312 e. The molecule has 16 heteroatoms. The number of nitrogens with zero attached hydrogens (tertiary/aromatic N) is 8. The first-order valence-electron chi connectivity index (χ1n) is 25.6. The first-order chi connectivity index (χ1) is 33.2. The molecule has 12 heterocycles. The molecule has 2 unspecified atom stereocenters. The highest BCUT2D eigenvalue weighted by atomic mass is 128. The number of likely N-dealkylation sites (tertiary alicyclic amines) is 2. The molecule has 0 aromatic carbocycles. The van der Waals surface area contributed by atoms with Gasteiger partial charge in [0.15, 0.2) is 0 Å². The molecule has 10 atom stereocenters. The number of fused-ring (bicyclic) bond motifs is 16. The van der Waals surface area contributed by atoms with Gasteiger partial charge in [-0.3, -0.25) is 28.5 Å². The van der Waals surface area contributed by atoms with Crippen molar-refractivity contribution >= 4 is 56.0 Å². The lowest BCUT2D eigenvalue weighted by Gasteiger charge is -2.42. The van der Waals surface area contributed by atoms with Crippen LogP contribution in [0.15, 0.2) is 43.4 Å². The highest BCUT2D eigenvalue weighted by Gasteiger charge is 2.38. The van der Waals surface area contributed by atoms with E-state index in [1.165, 1.54) is 70.7 Å². The molecule has 12 nitrogen and oxygen atoms in total. The predicted octanol–water partition coefficient (Wildman–Crippen LogP) is 8.15. The predicted molar refractivity (Wildman–Crippen MR) is 310 cm³/mol. The van der Waals surface area contributed by atoms with Gasteiger partial charge in [-0.1, -0.05) is 18.8 Å². The Balaban J connectivity index is 0.000000124. The van der Waals surface area contributed by atoms with Gasteiger partial charge in [-0.05, 0) is 165 Å². The molecule has 4 saturated heterocycles. The normalized spacial score (nSPS) is 27.2. The third-order valence-electron chi connectivity index (χ3n) is 16.7. The van der Waals surface area contributed by atoms with E-state index in [-0.39, 0.29) is 22.2 Å². The molecule has 70 heavy (non-hydrogen) atoms. The third kappa shape index (κ3) is 11.2. The lowest BCUT2D eigenvalue weighted by molar-refractivity contribution is 0.144. The molecular formula is C54H78I2N8O4P2. The van der Waals surface area contributed by atoms with E-state index in [0.717, 1.165) is 101 Å². The zero-order chi connectivity index (χ0) is 50.6. The van der Waals surface area contributed by atoms with Crippen LogP contribution in [-0.2, 0) is 26.2 Å². The summed E-state index contributed by atoms with van der Waals surface area (Å²) in [6.45, 7) is 28.7. The summed E-state index contributed by atoms with van der Waals surface area (Å²) in [6, 6.07) is 8.22. The summed E-state index contributed by atoms with van der Waals surface area (Å²) < 4.78 is 12.8. The summed E-state index contributed by atoms with van der Waals surface area (Å²) in [5, 5.41) is 0. The van der Waals surface area contributed by atoms with Gasteiger partial charge in [0.1, 0.15) is 0 Å². The molecule has 0 amide bonds. The summed E-state index contributed by atoms with van der Waals surface area (Å²) in [5.41, 5.74) is 14.7. The van der Waals surface area contributed by atoms with Crippen LogP contribution in [0.4, 0.5) is 0 Å². The Bertz CT molecular complexity index is 2480. The van der Waals surface area contributed by atoms with Gasteiger partial charge >= 0.3 is 0 Å². The Hall–Kier alpha value is -2.04. The van der Waals surface area contributed by atoms with Crippen LogP contribution in [0.5, 0.6) is 0 Å². The summed E-state index contributed by atoms with van der Waals surface area (Å²) in [6.07, 6.45) is 5.00. The Kier molecular flexibility index (Phi) is 17.4. The molecule has 382 valence electrons. The zero-order valence-electron chi connectivity index (χ0n) is 43.4. The van der Waals surface area contributed by atoms with E-state index in [1.54, 1.807) is 0 Å². The zero-order valence-corrected chi connectivity index (χ0v) is 50.0. The van der Waals surface area contributed by atoms with E-state index in [1.807, 2.05) is 36.8 Å². The molecule has 0 N–H and O–H groups in total. The van der Waals surface area contributed by atoms with Crippen LogP contribution in [0.3, 0.4) is 0 Å². The SMILES string of the molecule is Cc1cc(C)c(=O)n2c1[C@H]1C[C@H](CN(C)C1)C2.Cc1cc(C)c(=O)n2c1[C@H]1C[C@H](CN(C)C1)C2.Cc1cc(C)c(=O)n2c1[C@H]1C[C@H](CN(P)C1)C2.Cc1cc(C)c(=O)n2c1[C@H]1C[C@H](CN(P)C1)C2.II. The molecule has 8 bridgehead atoms. The van der Waals surface area contributed by atoms with Gasteiger partial charge in [0.2, 0.25) is 0 Å². The summed E-state index contributed by atoms with van der Waals surface area (Å²) in [7, 11) is 10.0.